The van der Waals surface area contributed by atoms with Gasteiger partial charge in [0.1, 0.15) is 5.75 Å². The zero-order valence-corrected chi connectivity index (χ0v) is 18.7. The SMILES string of the molecule is CCOc1cccc(CN2C[C@@H]3C(=O)N(CCN4CCc5ccccc5C4)C(=O)[C@@H]3C2)c1. The van der Waals surface area contributed by atoms with Crippen LogP contribution in [0.3, 0.4) is 0 Å². The Morgan fingerprint density at radius 2 is 1.66 bits per heavy atom. The highest BCUT2D eigenvalue weighted by Gasteiger charge is 2.52. The molecule has 3 heterocycles. The highest BCUT2D eigenvalue weighted by Crippen LogP contribution is 2.34. The molecular weight excluding hydrogens is 402 g/mol. The molecule has 5 rings (SSSR count). The van der Waals surface area contributed by atoms with Gasteiger partial charge >= 0.3 is 0 Å². The van der Waals surface area contributed by atoms with Crippen LogP contribution in [-0.4, -0.2) is 65.8 Å². The summed E-state index contributed by atoms with van der Waals surface area (Å²) in [4.78, 5) is 32.2. The summed E-state index contributed by atoms with van der Waals surface area (Å²) in [5, 5.41) is 0. The number of benzene rings is 2. The van der Waals surface area contributed by atoms with E-state index in [1.165, 1.54) is 16.0 Å². The van der Waals surface area contributed by atoms with E-state index in [0.29, 0.717) is 26.2 Å². The van der Waals surface area contributed by atoms with Crippen molar-refractivity contribution in [2.24, 2.45) is 11.8 Å². The lowest BCUT2D eigenvalue weighted by atomic mass is 10.00. The summed E-state index contributed by atoms with van der Waals surface area (Å²) in [7, 11) is 0. The van der Waals surface area contributed by atoms with Gasteiger partial charge in [0.05, 0.1) is 18.4 Å². The van der Waals surface area contributed by atoms with Crippen LogP contribution in [0.2, 0.25) is 0 Å². The van der Waals surface area contributed by atoms with Gasteiger partial charge in [-0.3, -0.25) is 24.3 Å². The molecule has 0 aromatic heterocycles. The van der Waals surface area contributed by atoms with Crippen molar-refractivity contribution in [2.45, 2.75) is 26.4 Å². The molecule has 0 spiro atoms. The number of rotatable bonds is 7. The van der Waals surface area contributed by atoms with Gasteiger partial charge in [0.25, 0.3) is 0 Å². The molecule has 32 heavy (non-hydrogen) atoms. The van der Waals surface area contributed by atoms with Gasteiger partial charge in [-0.15, -0.1) is 0 Å². The second-order valence-electron chi connectivity index (χ2n) is 9.11. The van der Waals surface area contributed by atoms with E-state index in [1.807, 2.05) is 25.1 Å². The second kappa shape index (κ2) is 9.04. The van der Waals surface area contributed by atoms with Crippen LogP contribution in [-0.2, 0) is 29.1 Å². The van der Waals surface area contributed by atoms with E-state index >= 15 is 0 Å². The van der Waals surface area contributed by atoms with Crippen molar-refractivity contribution in [1.82, 2.24) is 14.7 Å². The van der Waals surface area contributed by atoms with Crippen LogP contribution in [0, 0.1) is 11.8 Å². The molecule has 2 fully saturated rings. The molecule has 2 aromatic carbocycles. The first-order valence-electron chi connectivity index (χ1n) is 11.7. The number of nitrogens with zero attached hydrogens (tertiary/aromatic N) is 3. The molecule has 6 heteroatoms. The number of imide groups is 1. The zero-order chi connectivity index (χ0) is 22.1. The van der Waals surface area contributed by atoms with Crippen LogP contribution >= 0.6 is 0 Å². The third-order valence-corrected chi connectivity index (χ3v) is 7.03. The maximum Gasteiger partial charge on any atom is 0.234 e. The van der Waals surface area contributed by atoms with Crippen LogP contribution in [0.4, 0.5) is 0 Å². The van der Waals surface area contributed by atoms with Gasteiger partial charge in [-0.25, -0.2) is 0 Å². The molecule has 0 aliphatic carbocycles. The number of amides is 2. The minimum absolute atomic E-state index is 0.0166. The van der Waals surface area contributed by atoms with Crippen molar-refractivity contribution in [1.29, 1.82) is 0 Å². The maximum absolute atomic E-state index is 13.0. The largest absolute Gasteiger partial charge is 0.494 e. The molecule has 0 unspecified atom stereocenters. The van der Waals surface area contributed by atoms with Crippen molar-refractivity contribution in [3.8, 4) is 5.75 Å². The highest BCUT2D eigenvalue weighted by atomic mass is 16.5. The van der Waals surface area contributed by atoms with Crippen LogP contribution < -0.4 is 4.74 Å². The number of carbonyl (C=O) groups is 2. The first kappa shape index (κ1) is 21.2. The Balaban J connectivity index is 1.16. The molecular formula is C26H31N3O3. The van der Waals surface area contributed by atoms with E-state index in [9.17, 15) is 9.59 Å². The van der Waals surface area contributed by atoms with Crippen molar-refractivity contribution in [3.63, 3.8) is 0 Å². The first-order valence-corrected chi connectivity index (χ1v) is 11.7. The van der Waals surface area contributed by atoms with Crippen molar-refractivity contribution < 1.29 is 14.3 Å². The van der Waals surface area contributed by atoms with Crippen molar-refractivity contribution in [3.05, 3.63) is 65.2 Å². The van der Waals surface area contributed by atoms with Crippen LogP contribution in [0.5, 0.6) is 5.75 Å². The fraction of sp³-hybridized carbons (Fsp3) is 0.462. The third kappa shape index (κ3) is 4.17. The summed E-state index contributed by atoms with van der Waals surface area (Å²) in [5.74, 6) is 0.508. The van der Waals surface area contributed by atoms with Gasteiger partial charge in [-0.1, -0.05) is 36.4 Å². The molecule has 6 nitrogen and oxygen atoms in total. The van der Waals surface area contributed by atoms with E-state index in [0.717, 1.165) is 43.9 Å². The lowest BCUT2D eigenvalue weighted by molar-refractivity contribution is -0.140. The lowest BCUT2D eigenvalue weighted by Crippen LogP contribution is -2.42. The highest BCUT2D eigenvalue weighted by molar-refractivity contribution is 6.05. The summed E-state index contributed by atoms with van der Waals surface area (Å²) in [6.07, 6.45) is 1.03. The minimum atomic E-state index is -0.195. The number of ether oxygens (including phenoxy) is 1. The van der Waals surface area contributed by atoms with Crippen molar-refractivity contribution >= 4 is 11.8 Å². The Morgan fingerprint density at radius 1 is 0.906 bits per heavy atom. The van der Waals surface area contributed by atoms with E-state index < -0.39 is 0 Å². The molecule has 2 atom stereocenters. The molecule has 0 bridgehead atoms. The van der Waals surface area contributed by atoms with E-state index in [1.54, 1.807) is 0 Å². The van der Waals surface area contributed by atoms with Crippen LogP contribution in [0.25, 0.3) is 0 Å². The Morgan fingerprint density at radius 3 is 2.41 bits per heavy atom. The molecule has 0 N–H and O–H groups in total. The van der Waals surface area contributed by atoms with Crippen LogP contribution in [0.1, 0.15) is 23.6 Å². The topological polar surface area (TPSA) is 53.1 Å². The molecule has 2 amide bonds. The first-order chi connectivity index (χ1) is 15.6. The molecule has 168 valence electrons. The standard InChI is InChI=1S/C26H31N3O3/c1-2-32-22-9-5-6-19(14-22)15-28-17-23-24(18-28)26(31)29(25(23)30)13-12-27-11-10-20-7-3-4-8-21(20)16-27/h3-9,14,23-24H,2,10-13,15-18H2,1H3/t23-,24+. The number of likely N-dealkylation sites (tertiary alicyclic amines) is 2. The average Bonchev–Trinajstić information content (AvgIpc) is 3.31. The molecule has 3 aliphatic heterocycles. The van der Waals surface area contributed by atoms with Gasteiger partial charge in [0.15, 0.2) is 0 Å². The maximum atomic E-state index is 13.0. The fourth-order valence-corrected chi connectivity index (χ4v) is 5.39. The number of carbonyl (C=O) groups excluding carboxylic acids is 2. The summed E-state index contributed by atoms with van der Waals surface area (Å²) in [5.41, 5.74) is 3.93. The second-order valence-corrected chi connectivity index (χ2v) is 9.11. The van der Waals surface area contributed by atoms with Gasteiger partial charge in [0.2, 0.25) is 11.8 Å². The molecule has 2 saturated heterocycles. The normalized spacial score (nSPS) is 23.5. The summed E-state index contributed by atoms with van der Waals surface area (Å²) in [6.45, 7) is 7.79. The zero-order valence-electron chi connectivity index (χ0n) is 18.7. The van der Waals surface area contributed by atoms with Gasteiger partial charge in [-0.2, -0.15) is 0 Å². The van der Waals surface area contributed by atoms with E-state index in [2.05, 4.69) is 40.1 Å². The van der Waals surface area contributed by atoms with Gasteiger partial charge in [0, 0.05) is 45.8 Å². The van der Waals surface area contributed by atoms with Crippen molar-refractivity contribution in [2.75, 3.05) is 39.3 Å². The Kier molecular flexibility index (Phi) is 5.98. The fourth-order valence-electron chi connectivity index (χ4n) is 5.39. The Bertz CT molecular complexity index is 983. The monoisotopic (exact) mass is 433 g/mol. The lowest BCUT2D eigenvalue weighted by Gasteiger charge is -2.30. The van der Waals surface area contributed by atoms with E-state index in [4.69, 9.17) is 4.74 Å². The minimum Gasteiger partial charge on any atom is -0.494 e. The molecule has 0 radical (unpaired) electrons. The summed E-state index contributed by atoms with van der Waals surface area (Å²) < 4.78 is 5.59. The summed E-state index contributed by atoms with van der Waals surface area (Å²) in [6, 6.07) is 16.6. The molecule has 3 aliphatic rings. The predicted molar refractivity (Wildman–Crippen MR) is 122 cm³/mol. The Labute approximate surface area is 189 Å². The van der Waals surface area contributed by atoms with Gasteiger partial charge in [-0.05, 0) is 42.2 Å². The van der Waals surface area contributed by atoms with Gasteiger partial charge < -0.3 is 4.74 Å². The Hall–Kier alpha value is -2.70. The quantitative estimate of drug-likeness (QED) is 0.629. The summed E-state index contributed by atoms with van der Waals surface area (Å²) >= 11 is 0. The average molecular weight is 434 g/mol. The third-order valence-electron chi connectivity index (χ3n) is 7.03. The van der Waals surface area contributed by atoms with E-state index in [-0.39, 0.29) is 23.7 Å². The smallest absolute Gasteiger partial charge is 0.234 e. The number of hydrogen-bond donors (Lipinski definition) is 0. The number of hydrogen-bond acceptors (Lipinski definition) is 5. The predicted octanol–water partition coefficient (Wildman–Crippen LogP) is 2.56. The molecule has 0 saturated carbocycles. The van der Waals surface area contributed by atoms with Crippen LogP contribution in [0.15, 0.2) is 48.5 Å². The molecule has 2 aromatic rings. The number of fused-ring (bicyclic) bond motifs is 2.